The first-order valence-corrected chi connectivity index (χ1v) is 15.5. The van der Waals surface area contributed by atoms with Crippen LogP contribution in [0.15, 0.2) is 42.0 Å². The highest BCUT2D eigenvalue weighted by Crippen LogP contribution is 2.64. The van der Waals surface area contributed by atoms with E-state index in [9.17, 15) is 9.59 Å². The van der Waals surface area contributed by atoms with Crippen molar-refractivity contribution in [3.63, 3.8) is 0 Å². The summed E-state index contributed by atoms with van der Waals surface area (Å²) in [6.45, 7) is 9.23. The molecule has 6 atom stereocenters. The van der Waals surface area contributed by atoms with E-state index in [1.54, 1.807) is 5.57 Å². The molecule has 3 heteroatoms. The van der Waals surface area contributed by atoms with Crippen molar-refractivity contribution in [1.82, 2.24) is 0 Å². The number of carbonyl (C=O) groups is 2. The third kappa shape index (κ3) is 3.09. The summed E-state index contributed by atoms with van der Waals surface area (Å²) < 4.78 is 0. The molecule has 4 aliphatic rings. The third-order valence-electron chi connectivity index (χ3n) is 10.3. The molecule has 0 spiro atoms. The van der Waals surface area contributed by atoms with Crippen LogP contribution in [-0.4, -0.2) is 19.3 Å². The number of hydrogen-bond donors (Lipinski definition) is 0. The van der Waals surface area contributed by atoms with E-state index in [1.165, 1.54) is 11.6 Å². The van der Waals surface area contributed by atoms with Gasteiger partial charge in [-0.15, -0.1) is 0 Å². The first-order valence-electron chi connectivity index (χ1n) is 12.5. The minimum Gasteiger partial charge on any atom is -0.305 e. The van der Waals surface area contributed by atoms with Gasteiger partial charge in [0.05, 0.1) is 0 Å². The summed E-state index contributed by atoms with van der Waals surface area (Å²) in [5, 5.41) is 1.81. The van der Waals surface area contributed by atoms with Crippen LogP contribution in [0.4, 0.5) is 0 Å². The number of hydrogen-bond acceptors (Lipinski definition) is 2. The van der Waals surface area contributed by atoms with Crippen molar-refractivity contribution < 1.29 is 9.59 Å². The summed E-state index contributed by atoms with van der Waals surface area (Å²) in [6, 6.07) is 10.5. The average molecular weight is 435 g/mol. The molecule has 1 aromatic carbocycles. The van der Waals surface area contributed by atoms with Crippen molar-refractivity contribution in [2.24, 2.45) is 34.5 Å². The van der Waals surface area contributed by atoms with Gasteiger partial charge in [-0.05, 0) is 68.1 Å². The van der Waals surface area contributed by atoms with E-state index in [0.29, 0.717) is 28.9 Å². The van der Waals surface area contributed by atoms with Gasteiger partial charge in [-0.25, -0.2) is 0 Å². The molecule has 4 aliphatic carbocycles. The molecule has 0 amide bonds. The highest BCUT2D eigenvalue weighted by molar-refractivity contribution is 7.13. The molecule has 3 fully saturated rings. The molecule has 0 heterocycles. The lowest BCUT2D eigenvalue weighted by molar-refractivity contribution is -0.132. The minimum atomic E-state index is -2.12. The van der Waals surface area contributed by atoms with Crippen molar-refractivity contribution in [2.75, 3.05) is 0 Å². The predicted octanol–water partition coefficient (Wildman–Crippen LogP) is 5.86. The number of Topliss-reactive ketones (excluding diaryl/α,β-unsaturated/α-hetero) is 1. The largest absolute Gasteiger partial charge is 0.305 e. The molecule has 0 N–H and O–H groups in total. The van der Waals surface area contributed by atoms with Crippen molar-refractivity contribution >= 4 is 24.5 Å². The number of carbonyl (C=O) groups excluding carboxylic acids is 2. The van der Waals surface area contributed by atoms with E-state index in [1.807, 2.05) is 6.07 Å². The van der Waals surface area contributed by atoms with Gasteiger partial charge in [0.15, 0.2) is 8.07 Å². The van der Waals surface area contributed by atoms with Gasteiger partial charge < -0.3 is 4.79 Å². The van der Waals surface area contributed by atoms with E-state index in [-0.39, 0.29) is 16.7 Å². The van der Waals surface area contributed by atoms with Gasteiger partial charge in [0.2, 0.25) is 0 Å². The molecule has 5 rings (SSSR count). The van der Waals surface area contributed by atoms with Crippen molar-refractivity contribution in [1.29, 1.82) is 0 Å². The van der Waals surface area contributed by atoms with Crippen molar-refractivity contribution in [2.45, 2.75) is 78.3 Å². The van der Waals surface area contributed by atoms with Crippen LogP contribution in [0.25, 0.3) is 0 Å². The van der Waals surface area contributed by atoms with Gasteiger partial charge >= 0.3 is 0 Å². The Balaban J connectivity index is 1.38. The maximum atomic E-state index is 13.7. The maximum absolute atomic E-state index is 13.7. The number of fused-ring (bicyclic) bond motifs is 5. The van der Waals surface area contributed by atoms with Crippen LogP contribution in [0.5, 0.6) is 0 Å². The molecule has 0 aromatic heterocycles. The molecule has 0 radical (unpaired) electrons. The molecule has 0 unspecified atom stereocenters. The summed E-state index contributed by atoms with van der Waals surface area (Å²) in [4.78, 5) is 26.4. The quantitative estimate of drug-likeness (QED) is 0.441. The third-order valence-corrected chi connectivity index (χ3v) is 13.7. The van der Waals surface area contributed by atoms with Crippen LogP contribution in [-0.2, 0) is 9.59 Å². The molecule has 0 bridgehead atoms. The van der Waals surface area contributed by atoms with Gasteiger partial charge in [-0.3, -0.25) is 4.79 Å². The molecular weight excluding hydrogens is 396 g/mol. The second kappa shape index (κ2) is 7.27. The highest BCUT2D eigenvalue weighted by atomic mass is 28.3. The van der Waals surface area contributed by atoms with E-state index >= 15 is 0 Å². The van der Waals surface area contributed by atoms with E-state index in [4.69, 9.17) is 0 Å². The predicted molar refractivity (Wildman–Crippen MR) is 129 cm³/mol. The molecule has 0 saturated heterocycles. The van der Waals surface area contributed by atoms with E-state index < -0.39 is 8.07 Å². The second-order valence-electron chi connectivity index (χ2n) is 12.0. The smallest absolute Gasteiger partial charge is 0.157 e. The first kappa shape index (κ1) is 21.4. The van der Waals surface area contributed by atoms with Crippen LogP contribution < -0.4 is 5.19 Å². The van der Waals surface area contributed by atoms with Gasteiger partial charge in [-0.2, -0.15) is 0 Å². The van der Waals surface area contributed by atoms with E-state index in [2.05, 4.69) is 57.3 Å². The Hall–Kier alpha value is -1.48. The summed E-state index contributed by atoms with van der Waals surface area (Å²) >= 11 is 0. The van der Waals surface area contributed by atoms with Crippen LogP contribution in [0.1, 0.15) is 65.2 Å². The Bertz CT molecular complexity index is 932. The number of ketones is 1. The van der Waals surface area contributed by atoms with Gasteiger partial charge in [0.25, 0.3) is 0 Å². The van der Waals surface area contributed by atoms with Crippen molar-refractivity contribution in [3.05, 3.63) is 42.0 Å². The van der Waals surface area contributed by atoms with Crippen LogP contribution in [0.3, 0.4) is 0 Å². The van der Waals surface area contributed by atoms with Crippen LogP contribution >= 0.6 is 0 Å². The first-order chi connectivity index (χ1) is 14.7. The lowest BCUT2D eigenvalue weighted by Gasteiger charge is -2.57. The number of benzene rings is 1. The summed E-state index contributed by atoms with van der Waals surface area (Å²) in [6.07, 6.45) is 11.0. The molecule has 0 aliphatic heterocycles. The Morgan fingerprint density at radius 3 is 2.39 bits per heavy atom. The number of rotatable bonds is 3. The fraction of sp³-hybridized carbons (Fsp3) is 0.643. The lowest BCUT2D eigenvalue weighted by atomic mass is 9.47. The molecular formula is C28H38O2Si. The Morgan fingerprint density at radius 2 is 1.65 bits per heavy atom. The Kier molecular flexibility index (Phi) is 5.01. The highest BCUT2D eigenvalue weighted by Gasteiger charge is 2.59. The molecule has 166 valence electrons. The Morgan fingerprint density at radius 1 is 0.968 bits per heavy atom. The van der Waals surface area contributed by atoms with E-state index in [0.717, 1.165) is 44.9 Å². The van der Waals surface area contributed by atoms with Crippen LogP contribution in [0.2, 0.25) is 13.1 Å². The van der Waals surface area contributed by atoms with Gasteiger partial charge in [-0.1, -0.05) is 74.1 Å². The van der Waals surface area contributed by atoms with Gasteiger partial charge in [0, 0.05) is 17.8 Å². The zero-order valence-electron chi connectivity index (χ0n) is 19.7. The Labute approximate surface area is 188 Å². The maximum Gasteiger partial charge on any atom is 0.157 e. The fourth-order valence-corrected chi connectivity index (χ4v) is 10.7. The minimum absolute atomic E-state index is 0.0542. The van der Waals surface area contributed by atoms with Gasteiger partial charge in [0.1, 0.15) is 11.2 Å². The summed E-state index contributed by atoms with van der Waals surface area (Å²) in [7, 11) is -2.12. The van der Waals surface area contributed by atoms with Crippen molar-refractivity contribution in [3.8, 4) is 0 Å². The zero-order valence-corrected chi connectivity index (χ0v) is 20.7. The zero-order chi connectivity index (χ0) is 22.0. The average Bonchev–Trinajstić information content (AvgIpc) is 3.08. The topological polar surface area (TPSA) is 34.1 Å². The SMILES string of the molecule is C[C@]12CC[C@H](C(=O)[Si](C)(C)c3ccccc3)CC1=CC[C@@H]1[C@@H]2CC[C@]2(C)C(=O)CC[C@@H]12. The fourth-order valence-electron chi connectivity index (χ4n) is 8.16. The monoisotopic (exact) mass is 434 g/mol. The molecule has 2 nitrogen and oxygen atoms in total. The number of allylic oxidation sites excluding steroid dienone is 2. The summed E-state index contributed by atoms with van der Waals surface area (Å²) in [5.74, 6) is 2.67. The second-order valence-corrected chi connectivity index (χ2v) is 16.3. The molecule has 1 aromatic rings. The standard InChI is InChI=1S/C28H38O2Si/c1-27-16-14-19(26(30)31(3,4)21-8-6-5-7-9-21)18-20(27)10-11-22-23-12-13-25(29)28(23,2)17-15-24(22)27/h5-10,19,22-24H,11-18H2,1-4H3/t19-,22-,23-,24-,27-,28-/m0/s1. The normalized spacial score (nSPS) is 39.9. The molecule has 31 heavy (non-hydrogen) atoms. The lowest BCUT2D eigenvalue weighted by Crippen LogP contribution is -2.55. The van der Waals surface area contributed by atoms with Crippen LogP contribution in [0, 0.1) is 34.5 Å². The molecule has 3 saturated carbocycles. The summed E-state index contributed by atoms with van der Waals surface area (Å²) in [5.41, 5.74) is 1.76.